The van der Waals surface area contributed by atoms with E-state index in [2.05, 4.69) is 22.7 Å². The number of halogens is 2. The molecule has 1 amide bonds. The number of anilines is 1. The molecule has 0 saturated heterocycles. The van der Waals surface area contributed by atoms with Crippen LogP contribution in [0.2, 0.25) is 0 Å². The van der Waals surface area contributed by atoms with E-state index in [1.54, 1.807) is 24.3 Å². The molecule has 2 aromatic carbocycles. The zero-order valence-electron chi connectivity index (χ0n) is 16.9. The number of amides is 1. The van der Waals surface area contributed by atoms with Crippen molar-refractivity contribution >= 4 is 22.7 Å². The van der Waals surface area contributed by atoms with Crippen LogP contribution in [-0.4, -0.2) is 23.9 Å². The average Bonchev–Trinajstić information content (AvgIpc) is 3.05. The van der Waals surface area contributed by atoms with Gasteiger partial charge in [-0.15, -0.1) is 0 Å². The number of nitrogens with one attached hydrogen (secondary N) is 1. The molecule has 1 N–H and O–H groups in total. The van der Waals surface area contributed by atoms with Crippen LogP contribution in [0.25, 0.3) is 22.2 Å². The van der Waals surface area contributed by atoms with Crippen LogP contribution in [0.15, 0.2) is 55.1 Å². The zero-order valence-corrected chi connectivity index (χ0v) is 16.9. The van der Waals surface area contributed by atoms with Gasteiger partial charge in [-0.1, -0.05) is 24.8 Å². The molecular weight excluding hydrogens is 404 g/mol. The van der Waals surface area contributed by atoms with Crippen LogP contribution >= 0.6 is 0 Å². The summed E-state index contributed by atoms with van der Waals surface area (Å²) in [5, 5.41) is 12.8. The fourth-order valence-electron chi connectivity index (χ4n) is 3.49. The Morgan fingerprint density at radius 1 is 1.29 bits per heavy atom. The highest BCUT2D eigenvalue weighted by Crippen LogP contribution is 2.36. The van der Waals surface area contributed by atoms with Crippen molar-refractivity contribution in [3.8, 4) is 23.1 Å². The lowest BCUT2D eigenvalue weighted by molar-refractivity contribution is -0.0497. The first-order chi connectivity index (χ1) is 15.0. The Labute approximate surface area is 178 Å². The normalized spacial score (nSPS) is 10.7. The monoisotopic (exact) mass is 425 g/mol. The molecule has 31 heavy (non-hydrogen) atoms. The van der Waals surface area contributed by atoms with Gasteiger partial charge in [0, 0.05) is 23.7 Å². The van der Waals surface area contributed by atoms with Gasteiger partial charge in [0.1, 0.15) is 12.4 Å². The first-order valence-corrected chi connectivity index (χ1v) is 9.60. The third kappa shape index (κ3) is 4.83. The quantitative estimate of drug-likeness (QED) is 0.468. The van der Waals surface area contributed by atoms with Gasteiger partial charge in [-0.25, -0.2) is 4.79 Å². The summed E-state index contributed by atoms with van der Waals surface area (Å²) in [6, 6.07) is 14.0. The molecule has 1 aromatic heterocycles. The lowest BCUT2D eigenvalue weighted by Gasteiger charge is -2.11. The SMILES string of the molecule is C=CCOC(=O)Nc1ccc(-c2c(CC#N)c3ccc(OC(F)F)cc3n2CC)cc1. The van der Waals surface area contributed by atoms with Gasteiger partial charge in [0.2, 0.25) is 0 Å². The van der Waals surface area contributed by atoms with Crippen molar-refractivity contribution in [2.75, 3.05) is 11.9 Å². The van der Waals surface area contributed by atoms with E-state index in [-0.39, 0.29) is 18.8 Å². The first kappa shape index (κ1) is 21.8. The van der Waals surface area contributed by atoms with E-state index in [1.807, 2.05) is 23.6 Å². The molecule has 0 aliphatic rings. The van der Waals surface area contributed by atoms with Gasteiger partial charge >= 0.3 is 12.7 Å². The van der Waals surface area contributed by atoms with Gasteiger partial charge in [-0.2, -0.15) is 14.0 Å². The summed E-state index contributed by atoms with van der Waals surface area (Å²) in [5.41, 5.74) is 3.69. The van der Waals surface area contributed by atoms with E-state index in [0.29, 0.717) is 17.7 Å². The van der Waals surface area contributed by atoms with Gasteiger partial charge < -0.3 is 14.0 Å². The number of nitrogens with zero attached hydrogens (tertiary/aromatic N) is 2. The number of aryl methyl sites for hydroxylation is 1. The molecular formula is C23H21F2N3O3. The Kier molecular flexibility index (Phi) is 6.88. The highest BCUT2D eigenvalue weighted by atomic mass is 19.3. The molecule has 6 nitrogen and oxygen atoms in total. The molecule has 0 unspecified atom stereocenters. The van der Waals surface area contributed by atoms with Gasteiger partial charge in [0.15, 0.2) is 0 Å². The maximum atomic E-state index is 12.7. The smallest absolute Gasteiger partial charge is 0.411 e. The largest absolute Gasteiger partial charge is 0.445 e. The van der Waals surface area contributed by atoms with E-state index >= 15 is 0 Å². The van der Waals surface area contributed by atoms with Crippen molar-refractivity contribution in [2.45, 2.75) is 26.5 Å². The van der Waals surface area contributed by atoms with Crippen molar-refractivity contribution in [1.82, 2.24) is 4.57 Å². The minimum Gasteiger partial charge on any atom is -0.445 e. The molecule has 160 valence electrons. The average molecular weight is 425 g/mol. The van der Waals surface area contributed by atoms with Gasteiger partial charge in [-0.05, 0) is 42.3 Å². The van der Waals surface area contributed by atoms with Gasteiger partial charge in [0.25, 0.3) is 0 Å². The Morgan fingerprint density at radius 3 is 2.65 bits per heavy atom. The number of hydrogen-bond acceptors (Lipinski definition) is 4. The molecule has 0 radical (unpaired) electrons. The third-order valence-corrected chi connectivity index (χ3v) is 4.68. The number of nitriles is 1. The lowest BCUT2D eigenvalue weighted by Crippen LogP contribution is -2.13. The highest BCUT2D eigenvalue weighted by molar-refractivity contribution is 5.93. The van der Waals surface area contributed by atoms with Gasteiger partial charge in [-0.3, -0.25) is 5.32 Å². The maximum Gasteiger partial charge on any atom is 0.411 e. The van der Waals surface area contributed by atoms with E-state index < -0.39 is 12.7 Å². The second kappa shape index (κ2) is 9.76. The van der Waals surface area contributed by atoms with Crippen LogP contribution in [0, 0.1) is 11.3 Å². The van der Waals surface area contributed by atoms with Crippen LogP contribution in [-0.2, 0) is 17.7 Å². The van der Waals surface area contributed by atoms with Crippen LogP contribution in [0.3, 0.4) is 0 Å². The minimum absolute atomic E-state index is 0.0577. The Hall–Kier alpha value is -3.86. The molecule has 8 heteroatoms. The number of alkyl halides is 2. The van der Waals surface area contributed by atoms with Crippen LogP contribution in [0.1, 0.15) is 12.5 Å². The number of fused-ring (bicyclic) bond motifs is 1. The zero-order chi connectivity index (χ0) is 22.4. The van der Waals surface area contributed by atoms with Crippen molar-refractivity contribution < 1.29 is 23.0 Å². The summed E-state index contributed by atoms with van der Waals surface area (Å²) in [4.78, 5) is 11.7. The molecule has 0 bridgehead atoms. The number of carbonyl (C=O) groups excluding carboxylic acids is 1. The molecule has 0 atom stereocenters. The number of aromatic nitrogens is 1. The summed E-state index contributed by atoms with van der Waals surface area (Å²) in [7, 11) is 0. The van der Waals surface area contributed by atoms with Crippen LogP contribution < -0.4 is 10.1 Å². The maximum absolute atomic E-state index is 12.7. The number of carbonyl (C=O) groups is 1. The second-order valence-electron chi connectivity index (χ2n) is 6.55. The number of hydrogen-bond donors (Lipinski definition) is 1. The van der Waals surface area contributed by atoms with Crippen LogP contribution in [0.5, 0.6) is 5.75 Å². The number of rotatable bonds is 8. The van der Waals surface area contributed by atoms with Crippen molar-refractivity contribution in [2.24, 2.45) is 0 Å². The molecule has 1 heterocycles. The van der Waals surface area contributed by atoms with E-state index in [9.17, 15) is 18.8 Å². The molecule has 0 aliphatic heterocycles. The lowest BCUT2D eigenvalue weighted by atomic mass is 10.0. The van der Waals surface area contributed by atoms with Gasteiger partial charge in [0.05, 0.1) is 23.7 Å². The molecule has 0 fully saturated rings. The summed E-state index contributed by atoms with van der Waals surface area (Å²) in [5.74, 6) is 0.0577. The topological polar surface area (TPSA) is 76.3 Å². The minimum atomic E-state index is -2.92. The fourth-order valence-corrected chi connectivity index (χ4v) is 3.49. The number of benzene rings is 2. The predicted molar refractivity (Wildman–Crippen MR) is 114 cm³/mol. The standard InChI is InChI=1S/C23H21F2N3O3/c1-3-13-30-23(29)27-16-7-5-15(6-8-16)21-19(11-12-26)18-10-9-17(31-22(24)25)14-20(18)28(21)4-2/h3,5-10,14,22H,1,4,11,13H2,2H3,(H,27,29). The third-order valence-electron chi connectivity index (χ3n) is 4.68. The highest BCUT2D eigenvalue weighted by Gasteiger charge is 2.19. The van der Waals surface area contributed by atoms with Crippen molar-refractivity contribution in [3.05, 3.63) is 60.7 Å². The van der Waals surface area contributed by atoms with E-state index in [1.165, 1.54) is 12.1 Å². The molecule has 3 aromatic rings. The Bertz CT molecular complexity index is 1130. The molecule has 0 spiro atoms. The van der Waals surface area contributed by atoms with Crippen LogP contribution in [0.4, 0.5) is 19.3 Å². The van der Waals surface area contributed by atoms with Crippen molar-refractivity contribution in [3.63, 3.8) is 0 Å². The van der Waals surface area contributed by atoms with Crippen molar-refractivity contribution in [1.29, 1.82) is 5.26 Å². The summed E-state index contributed by atoms with van der Waals surface area (Å²) in [6.07, 6.45) is 1.04. The summed E-state index contributed by atoms with van der Waals surface area (Å²) < 4.78 is 36.7. The van der Waals surface area contributed by atoms with E-state index in [0.717, 1.165) is 22.2 Å². The molecule has 3 rings (SSSR count). The Morgan fingerprint density at radius 2 is 2.03 bits per heavy atom. The Balaban J connectivity index is 2.03. The predicted octanol–water partition coefficient (Wildman–Crippen LogP) is 5.73. The van der Waals surface area contributed by atoms with E-state index in [4.69, 9.17) is 4.74 Å². The second-order valence-corrected chi connectivity index (χ2v) is 6.55. The molecule has 0 aliphatic carbocycles. The summed E-state index contributed by atoms with van der Waals surface area (Å²) in [6.45, 7) is 3.17. The summed E-state index contributed by atoms with van der Waals surface area (Å²) >= 11 is 0. The first-order valence-electron chi connectivity index (χ1n) is 9.60. The molecule has 0 saturated carbocycles. The number of ether oxygens (including phenoxy) is 2. The fraction of sp³-hybridized carbons (Fsp3) is 0.217.